The zero-order valence-electron chi connectivity index (χ0n) is 14.2. The molecule has 0 spiro atoms. The van der Waals surface area contributed by atoms with Crippen molar-refractivity contribution in [3.8, 4) is 0 Å². The molecule has 1 aromatic carbocycles. The van der Waals surface area contributed by atoms with E-state index in [0.29, 0.717) is 22.2 Å². The lowest BCUT2D eigenvalue weighted by Gasteiger charge is -2.22. The highest BCUT2D eigenvalue weighted by Crippen LogP contribution is 2.26. The maximum Gasteiger partial charge on any atom is 0.254 e. The molecule has 3 rings (SSSR count). The molecule has 0 atom stereocenters. The first-order chi connectivity index (χ1) is 12.0. The molecule has 1 saturated heterocycles. The number of halogens is 2. The fourth-order valence-corrected chi connectivity index (χ4v) is 3.52. The van der Waals surface area contributed by atoms with Crippen LogP contribution in [0.5, 0.6) is 0 Å². The zero-order chi connectivity index (χ0) is 17.8. The summed E-state index contributed by atoms with van der Waals surface area (Å²) in [5.74, 6) is -0.00504. The van der Waals surface area contributed by atoms with Crippen molar-refractivity contribution in [2.24, 2.45) is 0 Å². The number of rotatable bonds is 3. The number of hydrogen-bond acceptors (Lipinski definition) is 3. The first-order valence-corrected chi connectivity index (χ1v) is 9.16. The number of carbonyl (C=O) groups excluding carboxylic acids is 1. The molecule has 132 valence electrons. The maximum atomic E-state index is 12.8. The van der Waals surface area contributed by atoms with Crippen molar-refractivity contribution >= 4 is 29.1 Å². The fourth-order valence-electron chi connectivity index (χ4n) is 3.03. The molecule has 1 fully saturated rings. The third-order valence-corrected chi connectivity index (χ3v) is 5.34. The number of amides is 1. The van der Waals surface area contributed by atoms with Crippen LogP contribution in [0.15, 0.2) is 36.7 Å². The number of pyridine rings is 1. The Hall–Kier alpha value is -1.62. The Morgan fingerprint density at radius 3 is 2.44 bits per heavy atom. The third kappa shape index (κ3) is 4.51. The Morgan fingerprint density at radius 1 is 1.08 bits per heavy atom. The molecule has 0 saturated carbocycles. The molecule has 25 heavy (non-hydrogen) atoms. The fraction of sp³-hybridized carbons (Fsp3) is 0.368. The number of carbonyl (C=O) groups is 1. The molecule has 2 heterocycles. The van der Waals surface area contributed by atoms with Gasteiger partial charge in [0.1, 0.15) is 0 Å². The minimum Gasteiger partial charge on any atom is -0.337 e. The molecular weight excluding hydrogens is 357 g/mol. The number of nitrogens with zero attached hydrogens (tertiary/aromatic N) is 3. The van der Waals surface area contributed by atoms with Crippen LogP contribution >= 0.6 is 23.2 Å². The number of hydrogen-bond donors (Lipinski definition) is 0. The molecule has 1 aliphatic rings. The Kier molecular flexibility index (Phi) is 5.94. The van der Waals surface area contributed by atoms with Crippen LogP contribution in [0.3, 0.4) is 0 Å². The lowest BCUT2D eigenvalue weighted by atomic mass is 10.1. The van der Waals surface area contributed by atoms with E-state index in [4.69, 9.17) is 23.2 Å². The second-order valence-corrected chi connectivity index (χ2v) is 7.16. The Bertz CT molecular complexity index is 729. The predicted octanol–water partition coefficient (Wildman–Crippen LogP) is 4.04. The summed E-state index contributed by atoms with van der Waals surface area (Å²) in [6, 6.07) is 7.49. The average Bonchev–Trinajstić information content (AvgIpc) is 2.85. The van der Waals surface area contributed by atoms with E-state index in [0.717, 1.165) is 38.2 Å². The quantitative estimate of drug-likeness (QED) is 0.809. The van der Waals surface area contributed by atoms with Crippen molar-refractivity contribution < 1.29 is 4.79 Å². The third-order valence-electron chi connectivity index (χ3n) is 4.56. The highest BCUT2D eigenvalue weighted by Gasteiger charge is 2.21. The molecule has 0 N–H and O–H groups in total. The predicted molar refractivity (Wildman–Crippen MR) is 101 cm³/mol. The molecule has 1 aliphatic heterocycles. The lowest BCUT2D eigenvalue weighted by molar-refractivity contribution is 0.0761. The van der Waals surface area contributed by atoms with Gasteiger partial charge in [-0.25, -0.2) is 0 Å². The Morgan fingerprint density at radius 2 is 1.76 bits per heavy atom. The van der Waals surface area contributed by atoms with Crippen LogP contribution in [0.1, 0.15) is 27.9 Å². The van der Waals surface area contributed by atoms with Gasteiger partial charge in [0, 0.05) is 60.7 Å². The maximum absolute atomic E-state index is 12.8. The molecule has 0 bridgehead atoms. The molecule has 6 heteroatoms. The van der Waals surface area contributed by atoms with Gasteiger partial charge in [-0.3, -0.25) is 14.7 Å². The molecule has 0 unspecified atom stereocenters. The normalized spacial score (nSPS) is 15.9. The largest absolute Gasteiger partial charge is 0.337 e. The van der Waals surface area contributed by atoms with E-state index >= 15 is 0 Å². The molecule has 0 aliphatic carbocycles. The summed E-state index contributed by atoms with van der Waals surface area (Å²) in [7, 11) is 0. The monoisotopic (exact) mass is 377 g/mol. The van der Waals surface area contributed by atoms with Crippen molar-refractivity contribution in [1.82, 2.24) is 14.8 Å². The van der Waals surface area contributed by atoms with Gasteiger partial charge in [0.15, 0.2) is 0 Å². The SMILES string of the molecule is Cc1c(Cl)cc(C(=O)N2CCCN(Cc3ccncc3)CC2)cc1Cl. The number of aromatic nitrogens is 1. The second-order valence-electron chi connectivity index (χ2n) is 6.34. The van der Waals surface area contributed by atoms with Gasteiger partial charge in [-0.2, -0.15) is 0 Å². The van der Waals surface area contributed by atoms with E-state index in [1.54, 1.807) is 12.1 Å². The van der Waals surface area contributed by atoms with Crippen LogP contribution in [0.2, 0.25) is 10.0 Å². The average molecular weight is 378 g/mol. The van der Waals surface area contributed by atoms with E-state index in [2.05, 4.69) is 9.88 Å². The molecule has 0 radical (unpaired) electrons. The minimum absolute atomic E-state index is 0.00504. The zero-order valence-corrected chi connectivity index (χ0v) is 15.7. The van der Waals surface area contributed by atoms with E-state index in [1.165, 1.54) is 5.56 Å². The van der Waals surface area contributed by atoms with Gasteiger partial charge < -0.3 is 4.90 Å². The highest BCUT2D eigenvalue weighted by molar-refractivity contribution is 6.36. The topological polar surface area (TPSA) is 36.4 Å². The van der Waals surface area contributed by atoms with Gasteiger partial charge in [0.2, 0.25) is 0 Å². The smallest absolute Gasteiger partial charge is 0.254 e. The van der Waals surface area contributed by atoms with Gasteiger partial charge in [-0.1, -0.05) is 23.2 Å². The molecule has 1 aromatic heterocycles. The second kappa shape index (κ2) is 8.17. The summed E-state index contributed by atoms with van der Waals surface area (Å²) in [6.45, 7) is 6.00. The van der Waals surface area contributed by atoms with Crippen LogP contribution in [0.25, 0.3) is 0 Å². The van der Waals surface area contributed by atoms with E-state index in [9.17, 15) is 4.79 Å². The Labute approximate surface area is 158 Å². The van der Waals surface area contributed by atoms with Gasteiger partial charge in [-0.15, -0.1) is 0 Å². The lowest BCUT2D eigenvalue weighted by Crippen LogP contribution is -2.35. The van der Waals surface area contributed by atoms with Crippen LogP contribution in [-0.2, 0) is 6.54 Å². The van der Waals surface area contributed by atoms with Crippen molar-refractivity contribution in [2.45, 2.75) is 19.9 Å². The van der Waals surface area contributed by atoms with Crippen LogP contribution in [0, 0.1) is 6.92 Å². The summed E-state index contributed by atoms with van der Waals surface area (Å²) < 4.78 is 0. The first-order valence-electron chi connectivity index (χ1n) is 8.41. The van der Waals surface area contributed by atoms with Crippen LogP contribution in [0.4, 0.5) is 0 Å². The first kappa shape index (κ1) is 18.2. The van der Waals surface area contributed by atoms with Crippen LogP contribution in [-0.4, -0.2) is 46.9 Å². The van der Waals surface area contributed by atoms with E-state index in [1.807, 2.05) is 36.4 Å². The summed E-state index contributed by atoms with van der Waals surface area (Å²) in [6.07, 6.45) is 4.58. The van der Waals surface area contributed by atoms with E-state index < -0.39 is 0 Å². The molecule has 4 nitrogen and oxygen atoms in total. The van der Waals surface area contributed by atoms with Gasteiger partial charge in [-0.05, 0) is 48.7 Å². The Balaban J connectivity index is 1.65. The molecular formula is C19H21Cl2N3O. The van der Waals surface area contributed by atoms with Gasteiger partial charge in [0.25, 0.3) is 5.91 Å². The van der Waals surface area contributed by atoms with Crippen molar-refractivity contribution in [3.63, 3.8) is 0 Å². The van der Waals surface area contributed by atoms with E-state index in [-0.39, 0.29) is 5.91 Å². The van der Waals surface area contributed by atoms with Gasteiger partial charge >= 0.3 is 0 Å². The van der Waals surface area contributed by atoms with Crippen LogP contribution < -0.4 is 0 Å². The van der Waals surface area contributed by atoms with Crippen molar-refractivity contribution in [2.75, 3.05) is 26.2 Å². The summed E-state index contributed by atoms with van der Waals surface area (Å²) in [4.78, 5) is 21.1. The summed E-state index contributed by atoms with van der Waals surface area (Å²) in [5, 5.41) is 1.06. The molecule has 1 amide bonds. The highest BCUT2D eigenvalue weighted by atomic mass is 35.5. The number of benzene rings is 1. The molecule has 2 aromatic rings. The summed E-state index contributed by atoms with van der Waals surface area (Å²) >= 11 is 12.4. The standard InChI is InChI=1S/C19H21Cl2N3O/c1-14-17(20)11-16(12-18(14)21)19(25)24-8-2-7-23(9-10-24)13-15-3-5-22-6-4-15/h3-6,11-12H,2,7-10,13H2,1H3. The van der Waals surface area contributed by atoms with Gasteiger partial charge in [0.05, 0.1) is 0 Å². The summed E-state index contributed by atoms with van der Waals surface area (Å²) in [5.41, 5.74) is 2.61. The van der Waals surface area contributed by atoms with Crippen molar-refractivity contribution in [1.29, 1.82) is 0 Å². The van der Waals surface area contributed by atoms with Crippen molar-refractivity contribution in [3.05, 3.63) is 63.4 Å². The minimum atomic E-state index is -0.00504.